The summed E-state index contributed by atoms with van der Waals surface area (Å²) in [7, 11) is 5.97. The molecule has 0 aliphatic rings. The number of carbonyl (C=O) groups excluding carboxylic acids is 1. The van der Waals surface area contributed by atoms with Gasteiger partial charge in [-0.3, -0.25) is 14.9 Å². The van der Waals surface area contributed by atoms with Crippen LogP contribution in [-0.2, 0) is 0 Å². The maximum absolute atomic E-state index is 12.3. The van der Waals surface area contributed by atoms with Crippen molar-refractivity contribution >= 4 is 17.4 Å². The number of hydrogen-bond donors (Lipinski definition) is 0. The van der Waals surface area contributed by atoms with Gasteiger partial charge in [0.2, 0.25) is 0 Å². The molecule has 0 unspecified atom stereocenters. The zero-order chi connectivity index (χ0) is 16.2. The van der Waals surface area contributed by atoms with Crippen molar-refractivity contribution in [3.05, 3.63) is 44.7 Å². The summed E-state index contributed by atoms with van der Waals surface area (Å²) in [5.74, 6) is -0.212. The predicted molar refractivity (Wildman–Crippen MR) is 77.7 cm³/mol. The topological polar surface area (TPSA) is 81.9 Å². The molecule has 21 heavy (non-hydrogen) atoms. The molecule has 0 fully saturated rings. The van der Waals surface area contributed by atoms with E-state index in [9.17, 15) is 14.9 Å². The van der Waals surface area contributed by atoms with E-state index in [4.69, 9.17) is 21.1 Å². The van der Waals surface area contributed by atoms with E-state index in [1.165, 1.54) is 31.3 Å². The number of nitrogens with zero attached hydrogens (tertiary/aromatic N) is 2. The van der Waals surface area contributed by atoms with E-state index in [0.29, 0.717) is 5.75 Å². The summed E-state index contributed by atoms with van der Waals surface area (Å²) in [5, 5.41) is 11.1. The highest BCUT2D eigenvalue weighted by atomic mass is 35.5. The summed E-state index contributed by atoms with van der Waals surface area (Å²) in [4.78, 5) is 24.0. The average molecular weight is 315 g/mol. The van der Waals surface area contributed by atoms with E-state index in [-0.39, 0.29) is 16.3 Å². The highest BCUT2D eigenvalue weighted by Gasteiger charge is 2.27. The molecule has 0 amide bonds. The van der Waals surface area contributed by atoms with Crippen LogP contribution in [0.3, 0.4) is 0 Å². The number of nitro groups is 1. The van der Waals surface area contributed by atoms with Crippen molar-refractivity contribution in [2.45, 2.75) is 0 Å². The average Bonchev–Trinajstić information content (AvgIpc) is 2.43. The normalized spacial score (nSPS) is 11.0. The minimum absolute atomic E-state index is 0.0286. The molecule has 0 N–H and O–H groups in total. The molecule has 0 saturated carbocycles. The Kier molecular flexibility index (Phi) is 5.54. The molecular formula is C13H15ClN2O5. The van der Waals surface area contributed by atoms with Gasteiger partial charge in [-0.1, -0.05) is 11.6 Å². The van der Waals surface area contributed by atoms with Crippen LogP contribution < -0.4 is 9.47 Å². The van der Waals surface area contributed by atoms with Crippen molar-refractivity contribution in [3.8, 4) is 11.5 Å². The van der Waals surface area contributed by atoms with Crippen molar-refractivity contribution in [3.63, 3.8) is 0 Å². The Balaban J connectivity index is 3.38. The summed E-state index contributed by atoms with van der Waals surface area (Å²) in [6.07, 6.45) is 1.12. The minimum Gasteiger partial charge on any atom is -0.493 e. The van der Waals surface area contributed by atoms with Gasteiger partial charge in [-0.15, -0.1) is 0 Å². The first kappa shape index (κ1) is 16.8. The molecule has 0 aliphatic carbocycles. The number of ether oxygens (including phenoxy) is 2. The lowest BCUT2D eigenvalue weighted by molar-refractivity contribution is -0.417. The number of Topliss-reactive ketones (excluding diaryl/α,β-unsaturated/α-hetero) is 1. The molecule has 8 heteroatoms. The van der Waals surface area contributed by atoms with Gasteiger partial charge < -0.3 is 14.4 Å². The summed E-state index contributed by atoms with van der Waals surface area (Å²) in [5.41, 5.74) is -0.617. The summed E-state index contributed by atoms with van der Waals surface area (Å²) < 4.78 is 10.1. The summed E-state index contributed by atoms with van der Waals surface area (Å²) >= 11 is 6.00. The standard InChI is InChI=1S/C13H15ClN2O5/c1-15(2)7-10(16(18)19)13(17)8-5-11(20-3)12(21-4)6-9(8)14/h5-7H,1-4H3/b10-7-. The van der Waals surface area contributed by atoms with Gasteiger partial charge in [0, 0.05) is 20.2 Å². The number of hydrogen-bond acceptors (Lipinski definition) is 6. The van der Waals surface area contributed by atoms with Crippen molar-refractivity contribution < 1.29 is 19.2 Å². The smallest absolute Gasteiger partial charge is 0.332 e. The van der Waals surface area contributed by atoms with Crippen molar-refractivity contribution in [1.29, 1.82) is 0 Å². The molecular weight excluding hydrogens is 300 g/mol. The van der Waals surface area contributed by atoms with E-state index in [2.05, 4.69) is 0 Å². The molecule has 0 radical (unpaired) electrons. The van der Waals surface area contributed by atoms with Crippen molar-refractivity contribution in [2.24, 2.45) is 0 Å². The zero-order valence-electron chi connectivity index (χ0n) is 12.0. The van der Waals surface area contributed by atoms with Crippen LogP contribution in [-0.4, -0.2) is 43.9 Å². The molecule has 0 aromatic heterocycles. The van der Waals surface area contributed by atoms with Crippen LogP contribution in [0.15, 0.2) is 24.0 Å². The Bertz CT molecular complexity index is 598. The largest absolute Gasteiger partial charge is 0.493 e. The van der Waals surface area contributed by atoms with E-state index >= 15 is 0 Å². The number of ketones is 1. The molecule has 0 aliphatic heterocycles. The fraction of sp³-hybridized carbons (Fsp3) is 0.308. The Morgan fingerprint density at radius 2 is 1.81 bits per heavy atom. The van der Waals surface area contributed by atoms with Crippen LogP contribution in [0.2, 0.25) is 5.02 Å². The summed E-state index contributed by atoms with van der Waals surface area (Å²) in [6, 6.07) is 2.69. The fourth-order valence-electron chi connectivity index (χ4n) is 1.60. The molecule has 0 bridgehead atoms. The molecule has 0 heterocycles. The van der Waals surface area contributed by atoms with E-state index in [0.717, 1.165) is 6.20 Å². The molecule has 1 aromatic rings. The monoisotopic (exact) mass is 314 g/mol. The third-order valence-electron chi connectivity index (χ3n) is 2.53. The number of carbonyl (C=O) groups is 1. The van der Waals surface area contributed by atoms with Crippen LogP contribution in [0, 0.1) is 10.1 Å². The van der Waals surface area contributed by atoms with Gasteiger partial charge in [0.05, 0.1) is 35.9 Å². The quantitative estimate of drug-likeness (QED) is 0.346. The Hall–Kier alpha value is -2.28. The first-order valence-corrected chi connectivity index (χ1v) is 6.18. The molecule has 114 valence electrons. The second kappa shape index (κ2) is 6.94. The number of rotatable bonds is 6. The Morgan fingerprint density at radius 3 is 2.24 bits per heavy atom. The second-order valence-corrected chi connectivity index (χ2v) is 4.66. The van der Waals surface area contributed by atoms with Crippen LogP contribution in [0.5, 0.6) is 11.5 Å². The highest BCUT2D eigenvalue weighted by Crippen LogP contribution is 2.34. The van der Waals surface area contributed by atoms with Crippen LogP contribution in [0.25, 0.3) is 0 Å². The first-order chi connectivity index (χ1) is 9.81. The SMILES string of the molecule is COc1cc(Cl)c(C(=O)/C(=C/N(C)C)[N+](=O)[O-])cc1OC. The Labute approximate surface area is 126 Å². The lowest BCUT2D eigenvalue weighted by Gasteiger charge is -2.11. The van der Waals surface area contributed by atoms with Gasteiger partial charge in [0.1, 0.15) is 0 Å². The van der Waals surface area contributed by atoms with E-state index < -0.39 is 16.4 Å². The lowest BCUT2D eigenvalue weighted by atomic mass is 10.1. The third-order valence-corrected chi connectivity index (χ3v) is 2.84. The van der Waals surface area contributed by atoms with E-state index in [1.807, 2.05) is 0 Å². The van der Waals surface area contributed by atoms with Crippen LogP contribution >= 0.6 is 11.6 Å². The van der Waals surface area contributed by atoms with Gasteiger partial charge in [-0.25, -0.2) is 0 Å². The third kappa shape index (κ3) is 3.85. The second-order valence-electron chi connectivity index (χ2n) is 4.25. The molecule has 7 nitrogen and oxygen atoms in total. The van der Waals surface area contributed by atoms with Gasteiger partial charge >= 0.3 is 5.70 Å². The van der Waals surface area contributed by atoms with Gasteiger partial charge in [0.25, 0.3) is 5.78 Å². The maximum atomic E-state index is 12.3. The van der Waals surface area contributed by atoms with E-state index in [1.54, 1.807) is 14.1 Å². The lowest BCUT2D eigenvalue weighted by Crippen LogP contribution is -2.16. The van der Waals surface area contributed by atoms with Crippen molar-refractivity contribution in [1.82, 2.24) is 4.90 Å². The number of methoxy groups -OCH3 is 2. The predicted octanol–water partition coefficient (Wildman–Crippen LogP) is 2.22. The summed E-state index contributed by atoms with van der Waals surface area (Å²) in [6.45, 7) is 0. The number of allylic oxidation sites excluding steroid dienone is 1. The molecule has 0 atom stereocenters. The van der Waals surface area contributed by atoms with Gasteiger partial charge in [0.15, 0.2) is 11.5 Å². The van der Waals surface area contributed by atoms with Crippen molar-refractivity contribution in [2.75, 3.05) is 28.3 Å². The first-order valence-electron chi connectivity index (χ1n) is 5.80. The number of halogens is 1. The zero-order valence-corrected chi connectivity index (χ0v) is 12.8. The molecule has 1 rings (SSSR count). The fourth-order valence-corrected chi connectivity index (χ4v) is 1.84. The highest BCUT2D eigenvalue weighted by molar-refractivity contribution is 6.35. The van der Waals surface area contributed by atoms with Gasteiger partial charge in [-0.05, 0) is 6.07 Å². The molecule has 1 aromatic carbocycles. The minimum atomic E-state index is -0.806. The van der Waals surface area contributed by atoms with Crippen LogP contribution in [0.1, 0.15) is 10.4 Å². The maximum Gasteiger partial charge on any atom is 0.332 e. The molecule has 0 saturated heterocycles. The molecule has 0 spiro atoms. The van der Waals surface area contributed by atoms with Crippen LogP contribution in [0.4, 0.5) is 0 Å². The Morgan fingerprint density at radius 1 is 1.29 bits per heavy atom. The van der Waals surface area contributed by atoms with Gasteiger partial charge in [-0.2, -0.15) is 0 Å². The number of benzene rings is 1.